The molecule has 0 radical (unpaired) electrons. The minimum Gasteiger partial charge on any atom is -0.381 e. The van der Waals surface area contributed by atoms with Crippen LogP contribution in [-0.2, 0) is 0 Å². The summed E-state index contributed by atoms with van der Waals surface area (Å²) < 4.78 is 38.9. The van der Waals surface area contributed by atoms with Crippen LogP contribution in [0.1, 0.15) is 25.7 Å². The third-order valence-corrected chi connectivity index (χ3v) is 4.35. The fourth-order valence-corrected chi connectivity index (χ4v) is 2.94. The summed E-state index contributed by atoms with van der Waals surface area (Å²) in [4.78, 5) is 10.2. The van der Waals surface area contributed by atoms with Gasteiger partial charge < -0.3 is 5.32 Å². The van der Waals surface area contributed by atoms with E-state index in [4.69, 9.17) is 0 Å². The SMILES string of the molecule is O=[N+]([O-])c1ccc(Br)c(NC2CCCC(C(F)(F)F)C2)c1. The van der Waals surface area contributed by atoms with Crippen LogP contribution in [0.4, 0.5) is 24.5 Å². The first-order valence-electron chi connectivity index (χ1n) is 6.54. The van der Waals surface area contributed by atoms with Gasteiger partial charge in [-0.2, -0.15) is 13.2 Å². The third kappa shape index (κ3) is 4.09. The minimum atomic E-state index is -4.18. The molecule has 2 rings (SSSR count). The summed E-state index contributed by atoms with van der Waals surface area (Å²) in [5.41, 5.74) is 0.362. The van der Waals surface area contributed by atoms with Crippen molar-refractivity contribution in [1.82, 2.24) is 0 Å². The molecule has 1 N–H and O–H groups in total. The van der Waals surface area contributed by atoms with Crippen molar-refractivity contribution >= 4 is 27.3 Å². The van der Waals surface area contributed by atoms with Gasteiger partial charge in [-0.25, -0.2) is 0 Å². The van der Waals surface area contributed by atoms with Crippen LogP contribution >= 0.6 is 15.9 Å². The smallest absolute Gasteiger partial charge is 0.381 e. The van der Waals surface area contributed by atoms with Crippen molar-refractivity contribution in [1.29, 1.82) is 0 Å². The van der Waals surface area contributed by atoms with Crippen LogP contribution in [0, 0.1) is 16.0 Å². The monoisotopic (exact) mass is 366 g/mol. The highest BCUT2D eigenvalue weighted by molar-refractivity contribution is 9.10. The molecule has 1 aliphatic carbocycles. The molecule has 116 valence electrons. The topological polar surface area (TPSA) is 55.2 Å². The molecule has 4 nitrogen and oxygen atoms in total. The van der Waals surface area contributed by atoms with E-state index < -0.39 is 17.0 Å². The lowest BCUT2D eigenvalue weighted by molar-refractivity contribution is -0.384. The average Bonchev–Trinajstić information content (AvgIpc) is 2.40. The number of nitrogens with zero attached hydrogens (tertiary/aromatic N) is 1. The van der Waals surface area contributed by atoms with Crippen molar-refractivity contribution < 1.29 is 18.1 Å². The van der Waals surface area contributed by atoms with Crippen molar-refractivity contribution in [2.24, 2.45) is 5.92 Å². The Morgan fingerprint density at radius 1 is 1.33 bits per heavy atom. The zero-order valence-electron chi connectivity index (χ0n) is 11.0. The molecule has 1 aliphatic rings. The Labute approximate surface area is 128 Å². The van der Waals surface area contributed by atoms with Gasteiger partial charge in [0.25, 0.3) is 5.69 Å². The highest BCUT2D eigenvalue weighted by Gasteiger charge is 2.42. The first-order chi connectivity index (χ1) is 9.77. The molecule has 0 bridgehead atoms. The highest BCUT2D eigenvalue weighted by atomic mass is 79.9. The van der Waals surface area contributed by atoms with Gasteiger partial charge in [0.1, 0.15) is 0 Å². The molecule has 1 fully saturated rings. The summed E-state index contributed by atoms with van der Waals surface area (Å²) in [7, 11) is 0. The molecule has 2 atom stereocenters. The fourth-order valence-electron chi connectivity index (χ4n) is 2.58. The number of nitrogens with one attached hydrogen (secondary N) is 1. The quantitative estimate of drug-likeness (QED) is 0.611. The van der Waals surface area contributed by atoms with E-state index in [-0.39, 0.29) is 24.6 Å². The number of hydrogen-bond donors (Lipinski definition) is 1. The predicted octanol–water partition coefficient (Wildman–Crippen LogP) is 4.89. The van der Waals surface area contributed by atoms with Gasteiger partial charge in [-0.05, 0) is 41.3 Å². The summed E-state index contributed by atoms with van der Waals surface area (Å²) in [6.07, 6.45) is -2.91. The van der Waals surface area contributed by atoms with E-state index in [1.54, 1.807) is 0 Å². The van der Waals surface area contributed by atoms with Crippen molar-refractivity contribution in [3.8, 4) is 0 Å². The number of halogens is 4. The first kappa shape index (κ1) is 16.1. The Bertz CT molecular complexity index is 537. The standard InChI is InChI=1S/C13H14BrF3N2O2/c14-11-5-4-10(19(20)21)7-12(11)18-9-3-1-2-8(6-9)13(15,16)17/h4-5,7-9,18H,1-3,6H2. The van der Waals surface area contributed by atoms with E-state index in [0.29, 0.717) is 23.0 Å². The third-order valence-electron chi connectivity index (χ3n) is 3.66. The first-order valence-corrected chi connectivity index (χ1v) is 7.34. The van der Waals surface area contributed by atoms with Crippen LogP contribution in [0.3, 0.4) is 0 Å². The Balaban J connectivity index is 2.11. The summed E-state index contributed by atoms with van der Waals surface area (Å²) >= 11 is 3.25. The van der Waals surface area contributed by atoms with E-state index in [9.17, 15) is 23.3 Å². The number of nitro benzene ring substituents is 1. The number of anilines is 1. The lowest BCUT2D eigenvalue weighted by Crippen LogP contribution is -2.34. The second-order valence-electron chi connectivity index (χ2n) is 5.17. The van der Waals surface area contributed by atoms with Crippen LogP contribution in [0.2, 0.25) is 0 Å². The molecule has 21 heavy (non-hydrogen) atoms. The molecular formula is C13H14BrF3N2O2. The van der Waals surface area contributed by atoms with Crippen LogP contribution < -0.4 is 5.32 Å². The largest absolute Gasteiger partial charge is 0.391 e. The second kappa shape index (κ2) is 6.21. The Kier molecular flexibility index (Phi) is 4.75. The van der Waals surface area contributed by atoms with E-state index in [2.05, 4.69) is 21.2 Å². The molecule has 2 unspecified atom stereocenters. The zero-order chi connectivity index (χ0) is 15.6. The number of nitro groups is 1. The number of rotatable bonds is 3. The summed E-state index contributed by atoms with van der Waals surface area (Å²) in [6, 6.07) is 3.86. The van der Waals surface area contributed by atoms with Crippen LogP contribution in [0.15, 0.2) is 22.7 Å². The molecule has 1 saturated carbocycles. The van der Waals surface area contributed by atoms with Gasteiger partial charge in [-0.1, -0.05) is 6.42 Å². The molecule has 0 spiro atoms. The maximum absolute atomic E-state index is 12.8. The number of alkyl halides is 3. The van der Waals surface area contributed by atoms with Crippen LogP contribution in [0.5, 0.6) is 0 Å². The average molecular weight is 367 g/mol. The van der Waals surface area contributed by atoms with Crippen molar-refractivity contribution in [3.63, 3.8) is 0 Å². The predicted molar refractivity (Wildman–Crippen MR) is 76.2 cm³/mol. The van der Waals surface area contributed by atoms with Gasteiger partial charge in [-0.3, -0.25) is 10.1 Å². The Morgan fingerprint density at radius 2 is 2.05 bits per heavy atom. The van der Waals surface area contributed by atoms with Crippen LogP contribution in [0.25, 0.3) is 0 Å². The lowest BCUT2D eigenvalue weighted by Gasteiger charge is -2.31. The fraction of sp³-hybridized carbons (Fsp3) is 0.538. The van der Waals surface area contributed by atoms with Gasteiger partial charge in [0, 0.05) is 22.6 Å². The maximum Gasteiger partial charge on any atom is 0.391 e. The molecule has 0 aliphatic heterocycles. The van der Waals surface area contributed by atoms with Crippen molar-refractivity contribution in [2.45, 2.75) is 37.9 Å². The summed E-state index contributed by atoms with van der Waals surface area (Å²) in [6.45, 7) is 0. The Morgan fingerprint density at radius 3 is 2.67 bits per heavy atom. The van der Waals surface area contributed by atoms with E-state index in [1.807, 2.05) is 0 Å². The van der Waals surface area contributed by atoms with Gasteiger partial charge in [0.05, 0.1) is 16.5 Å². The zero-order valence-corrected chi connectivity index (χ0v) is 12.6. The van der Waals surface area contributed by atoms with E-state index in [1.165, 1.54) is 18.2 Å². The van der Waals surface area contributed by atoms with E-state index >= 15 is 0 Å². The summed E-state index contributed by atoms with van der Waals surface area (Å²) in [5, 5.41) is 13.7. The second-order valence-corrected chi connectivity index (χ2v) is 6.02. The molecule has 0 heterocycles. The number of non-ortho nitro benzene ring substituents is 1. The molecule has 0 saturated heterocycles. The van der Waals surface area contributed by atoms with Crippen molar-refractivity contribution in [3.05, 3.63) is 32.8 Å². The number of benzene rings is 1. The van der Waals surface area contributed by atoms with Gasteiger partial charge in [0.2, 0.25) is 0 Å². The molecular weight excluding hydrogens is 353 g/mol. The highest BCUT2D eigenvalue weighted by Crippen LogP contribution is 2.39. The van der Waals surface area contributed by atoms with Crippen molar-refractivity contribution in [2.75, 3.05) is 5.32 Å². The molecule has 0 amide bonds. The minimum absolute atomic E-state index is 0.00136. The molecule has 8 heteroatoms. The Hall–Kier alpha value is -1.31. The van der Waals surface area contributed by atoms with Gasteiger partial charge in [0.15, 0.2) is 0 Å². The molecule has 0 aromatic heterocycles. The molecule has 1 aromatic rings. The van der Waals surface area contributed by atoms with Crippen LogP contribution in [-0.4, -0.2) is 17.1 Å². The summed E-state index contributed by atoms with van der Waals surface area (Å²) in [5.74, 6) is -1.30. The van der Waals surface area contributed by atoms with E-state index in [0.717, 1.165) is 0 Å². The van der Waals surface area contributed by atoms with Gasteiger partial charge >= 0.3 is 6.18 Å². The van der Waals surface area contributed by atoms with Gasteiger partial charge in [-0.15, -0.1) is 0 Å². The maximum atomic E-state index is 12.8. The number of hydrogen-bond acceptors (Lipinski definition) is 3. The normalized spacial score (nSPS) is 22.9. The lowest BCUT2D eigenvalue weighted by atomic mass is 9.85. The molecule has 1 aromatic carbocycles.